The summed E-state index contributed by atoms with van der Waals surface area (Å²) < 4.78 is 45.7. The Kier molecular flexibility index (Phi) is 10.1. The van der Waals surface area contributed by atoms with Gasteiger partial charge in [0.15, 0.2) is 23.1 Å². The first-order valence-electron chi connectivity index (χ1n) is 13.7. The number of aromatic nitrogens is 1. The number of carbonyl (C=O) groups is 2. The van der Waals surface area contributed by atoms with Gasteiger partial charge in [-0.3, -0.25) is 14.6 Å². The summed E-state index contributed by atoms with van der Waals surface area (Å²) in [6.07, 6.45) is 2.81. The first-order chi connectivity index (χ1) is 20.7. The predicted molar refractivity (Wildman–Crippen MR) is 161 cm³/mol. The number of fused-ring (bicyclic) bond motifs is 1. The molecule has 3 N–H and O–H groups in total. The minimum Gasteiger partial charge on any atom is -0.490 e. The van der Waals surface area contributed by atoms with E-state index in [0.717, 1.165) is 6.07 Å². The lowest BCUT2D eigenvalue weighted by Crippen LogP contribution is -2.28. The van der Waals surface area contributed by atoms with Crippen molar-refractivity contribution in [2.45, 2.75) is 33.7 Å². The van der Waals surface area contributed by atoms with E-state index < -0.39 is 23.4 Å². The summed E-state index contributed by atoms with van der Waals surface area (Å²) in [5.74, 6) is -1.44. The molecule has 0 bridgehead atoms. The van der Waals surface area contributed by atoms with E-state index in [4.69, 9.17) is 14.2 Å². The number of ether oxygens (including phenoxy) is 3. The summed E-state index contributed by atoms with van der Waals surface area (Å²) in [4.78, 5) is 30.4. The summed E-state index contributed by atoms with van der Waals surface area (Å²) in [7, 11) is 0. The lowest BCUT2D eigenvalue weighted by molar-refractivity contribution is -0.118. The maximum Gasteiger partial charge on any atom is 0.262 e. The maximum absolute atomic E-state index is 15.2. The molecule has 0 aliphatic rings. The Morgan fingerprint density at radius 2 is 1.44 bits per heavy atom. The smallest absolute Gasteiger partial charge is 0.262 e. The third-order valence-electron chi connectivity index (χ3n) is 5.93. The van der Waals surface area contributed by atoms with E-state index >= 15 is 4.39 Å². The topological polar surface area (TPSA) is 111 Å². The third-order valence-corrected chi connectivity index (χ3v) is 5.93. The fourth-order valence-electron chi connectivity index (χ4n) is 3.95. The maximum atomic E-state index is 15.2. The molecular weight excluding hydrogens is 558 g/mol. The van der Waals surface area contributed by atoms with E-state index in [-0.39, 0.29) is 23.1 Å². The zero-order valence-electron chi connectivity index (χ0n) is 24.2. The van der Waals surface area contributed by atoms with E-state index in [1.165, 1.54) is 48.8 Å². The van der Waals surface area contributed by atoms with Crippen LogP contribution in [0, 0.1) is 11.6 Å². The molecule has 3 aromatic carbocycles. The van der Waals surface area contributed by atoms with Crippen molar-refractivity contribution >= 4 is 34.1 Å². The molecule has 0 aliphatic heterocycles. The second-order valence-corrected chi connectivity index (χ2v) is 9.53. The Morgan fingerprint density at radius 3 is 2.07 bits per heavy atom. The SMILES string of the molecule is CCOc1cc2nccc(Oc3ccc(NC(=O)/C(=C/NC(C)C)C(=O)Nc4ccc(F)cc4)cc3F)c2cc1OCC. The monoisotopic (exact) mass is 590 g/mol. The fourth-order valence-corrected chi connectivity index (χ4v) is 3.95. The zero-order chi connectivity index (χ0) is 30.9. The molecule has 4 rings (SSSR count). The highest BCUT2D eigenvalue weighted by Gasteiger charge is 2.20. The van der Waals surface area contributed by atoms with Crippen LogP contribution in [0.15, 0.2) is 78.6 Å². The van der Waals surface area contributed by atoms with E-state index in [0.29, 0.717) is 47.1 Å². The van der Waals surface area contributed by atoms with E-state index in [2.05, 4.69) is 20.9 Å². The van der Waals surface area contributed by atoms with Gasteiger partial charge < -0.3 is 30.2 Å². The number of rotatable bonds is 12. The highest BCUT2D eigenvalue weighted by atomic mass is 19.1. The first-order valence-corrected chi connectivity index (χ1v) is 13.7. The minimum atomic E-state index is -0.783. The van der Waals surface area contributed by atoms with Crippen molar-refractivity contribution in [2.75, 3.05) is 23.8 Å². The van der Waals surface area contributed by atoms with Crippen LogP contribution in [0.1, 0.15) is 27.7 Å². The van der Waals surface area contributed by atoms with Gasteiger partial charge in [-0.1, -0.05) is 0 Å². The summed E-state index contributed by atoms with van der Waals surface area (Å²) >= 11 is 0. The second kappa shape index (κ2) is 14.1. The quantitative estimate of drug-likeness (QED) is 0.0974. The molecule has 1 heterocycles. The summed E-state index contributed by atoms with van der Waals surface area (Å²) in [6.45, 7) is 8.25. The first kappa shape index (κ1) is 30.8. The molecule has 0 radical (unpaired) electrons. The van der Waals surface area contributed by atoms with Crippen LogP contribution in [0.25, 0.3) is 10.9 Å². The molecule has 43 heavy (non-hydrogen) atoms. The highest BCUT2D eigenvalue weighted by molar-refractivity contribution is 6.26. The van der Waals surface area contributed by atoms with Gasteiger partial charge in [0, 0.05) is 47.3 Å². The summed E-state index contributed by atoms with van der Waals surface area (Å²) in [5.41, 5.74) is 0.702. The normalized spacial score (nSPS) is 11.3. The number of carbonyl (C=O) groups excluding carboxylic acids is 2. The second-order valence-electron chi connectivity index (χ2n) is 9.53. The van der Waals surface area contributed by atoms with Crippen LogP contribution in [0.5, 0.6) is 23.0 Å². The van der Waals surface area contributed by atoms with Crippen LogP contribution in [0.3, 0.4) is 0 Å². The van der Waals surface area contributed by atoms with Crippen molar-refractivity contribution in [3.05, 3.63) is 90.3 Å². The standard InChI is InChI=1S/C32H32F2N4O5/c1-5-41-29-16-23-26(17-30(29)42-6-2)35-14-13-27(23)43-28-12-11-22(15-25(28)34)38-32(40)24(18-36-19(3)4)31(39)37-21-9-7-20(33)8-10-21/h7-19,36H,5-6H2,1-4H3,(H,37,39)(H,38,40)/b24-18+. The van der Waals surface area contributed by atoms with Gasteiger partial charge in [-0.05, 0) is 76.2 Å². The Balaban J connectivity index is 1.54. The van der Waals surface area contributed by atoms with Crippen molar-refractivity contribution in [1.29, 1.82) is 0 Å². The van der Waals surface area contributed by atoms with Crippen LogP contribution in [0.2, 0.25) is 0 Å². The average Bonchev–Trinajstić information content (AvgIpc) is 2.96. The van der Waals surface area contributed by atoms with Gasteiger partial charge in [0.1, 0.15) is 17.1 Å². The molecule has 0 spiro atoms. The van der Waals surface area contributed by atoms with Gasteiger partial charge in [0.05, 0.1) is 18.7 Å². The molecule has 0 saturated carbocycles. The van der Waals surface area contributed by atoms with Gasteiger partial charge >= 0.3 is 0 Å². The minimum absolute atomic E-state index is 0.0741. The summed E-state index contributed by atoms with van der Waals surface area (Å²) in [6, 6.07) is 14.0. The largest absolute Gasteiger partial charge is 0.490 e. The van der Waals surface area contributed by atoms with Crippen molar-refractivity contribution in [3.8, 4) is 23.0 Å². The molecule has 4 aromatic rings. The van der Waals surface area contributed by atoms with Gasteiger partial charge in [-0.2, -0.15) is 0 Å². The molecule has 9 nitrogen and oxygen atoms in total. The summed E-state index contributed by atoms with van der Waals surface area (Å²) in [5, 5.41) is 8.59. The number of halogens is 2. The Hall–Kier alpha value is -5.19. The molecule has 0 aliphatic carbocycles. The zero-order valence-corrected chi connectivity index (χ0v) is 24.2. The molecule has 0 atom stereocenters. The predicted octanol–water partition coefficient (Wildman–Crippen LogP) is 6.56. The number of nitrogens with one attached hydrogen (secondary N) is 3. The number of anilines is 2. The Bertz CT molecular complexity index is 1640. The number of benzene rings is 3. The molecule has 224 valence electrons. The van der Waals surface area contributed by atoms with Crippen LogP contribution in [-0.4, -0.2) is 36.1 Å². The van der Waals surface area contributed by atoms with Crippen LogP contribution in [-0.2, 0) is 9.59 Å². The molecule has 2 amide bonds. The number of amides is 2. The molecule has 0 saturated heterocycles. The van der Waals surface area contributed by atoms with Gasteiger partial charge in [0.2, 0.25) is 0 Å². The number of nitrogens with zero attached hydrogens (tertiary/aromatic N) is 1. The van der Waals surface area contributed by atoms with Crippen molar-refractivity contribution in [1.82, 2.24) is 10.3 Å². The number of hydrogen-bond donors (Lipinski definition) is 3. The average molecular weight is 591 g/mol. The van der Waals surface area contributed by atoms with E-state index in [1.807, 2.05) is 27.7 Å². The van der Waals surface area contributed by atoms with Gasteiger partial charge in [-0.15, -0.1) is 0 Å². The Morgan fingerprint density at radius 1 is 0.814 bits per heavy atom. The van der Waals surface area contributed by atoms with E-state index in [9.17, 15) is 14.0 Å². The fraction of sp³-hybridized carbons (Fsp3) is 0.219. The van der Waals surface area contributed by atoms with E-state index in [1.54, 1.807) is 18.2 Å². The molecule has 0 unspecified atom stereocenters. The number of pyridine rings is 1. The molecular formula is C32H32F2N4O5. The highest BCUT2D eigenvalue weighted by Crippen LogP contribution is 2.38. The number of hydrogen-bond acceptors (Lipinski definition) is 7. The Labute approximate surface area is 247 Å². The van der Waals surface area contributed by atoms with Gasteiger partial charge in [-0.25, -0.2) is 8.78 Å². The van der Waals surface area contributed by atoms with Crippen molar-refractivity contribution in [3.63, 3.8) is 0 Å². The van der Waals surface area contributed by atoms with Crippen molar-refractivity contribution in [2.24, 2.45) is 0 Å². The van der Waals surface area contributed by atoms with Gasteiger partial charge in [0.25, 0.3) is 11.8 Å². The van der Waals surface area contributed by atoms with Crippen LogP contribution >= 0.6 is 0 Å². The van der Waals surface area contributed by atoms with Crippen molar-refractivity contribution < 1.29 is 32.6 Å². The van der Waals surface area contributed by atoms with Crippen LogP contribution in [0.4, 0.5) is 20.2 Å². The van der Waals surface area contributed by atoms with Crippen LogP contribution < -0.4 is 30.2 Å². The lowest BCUT2D eigenvalue weighted by atomic mass is 10.1. The molecule has 0 fully saturated rings. The third kappa shape index (κ3) is 7.97. The molecule has 1 aromatic heterocycles. The molecule has 11 heteroatoms. The lowest BCUT2D eigenvalue weighted by Gasteiger charge is -2.15.